The number of carbonyl (C=O) groups excluding carboxylic acids is 1. The van der Waals surface area contributed by atoms with Crippen LogP contribution in [0.4, 0.5) is 20.7 Å². The zero-order valence-electron chi connectivity index (χ0n) is 36.0. The molecule has 62 heavy (non-hydrogen) atoms. The van der Waals surface area contributed by atoms with Crippen LogP contribution in [0.25, 0.3) is 22.3 Å². The summed E-state index contributed by atoms with van der Waals surface area (Å²) in [6.45, 7) is 10.9. The normalized spacial score (nSPS) is 29.2. The Morgan fingerprint density at radius 1 is 0.742 bits per heavy atom. The van der Waals surface area contributed by atoms with Crippen molar-refractivity contribution in [1.29, 1.82) is 0 Å². The Balaban J connectivity index is 0.000000140. The summed E-state index contributed by atoms with van der Waals surface area (Å²) in [5.41, 5.74) is 9.56. The Morgan fingerprint density at radius 2 is 1.21 bits per heavy atom. The number of imidazole rings is 2. The van der Waals surface area contributed by atoms with Gasteiger partial charge in [-0.1, -0.05) is 13.5 Å². The van der Waals surface area contributed by atoms with Crippen molar-refractivity contribution in [3.63, 3.8) is 0 Å². The summed E-state index contributed by atoms with van der Waals surface area (Å²) in [4.78, 5) is 44.5. The molecule has 324 valence electrons. The minimum Gasteiger partial charge on any atom is -0.345 e. The maximum Gasteiger partial charge on any atom is 0.243 e. The van der Waals surface area contributed by atoms with Gasteiger partial charge < -0.3 is 24.3 Å². The van der Waals surface area contributed by atoms with Gasteiger partial charge in [-0.2, -0.15) is 20.2 Å². The van der Waals surface area contributed by atoms with Crippen LogP contribution in [0.5, 0.6) is 0 Å². The highest BCUT2D eigenvalue weighted by Gasteiger charge is 2.59. The first kappa shape index (κ1) is 39.1. The van der Waals surface area contributed by atoms with Crippen LogP contribution >= 0.6 is 0 Å². The van der Waals surface area contributed by atoms with Crippen LogP contribution in [0.2, 0.25) is 0 Å². The first-order chi connectivity index (χ1) is 29.8. The third-order valence-electron chi connectivity index (χ3n) is 14.7. The number of rotatable bonds is 10. The van der Waals surface area contributed by atoms with Crippen LogP contribution in [0.15, 0.2) is 37.7 Å². The molecule has 2 aliphatic heterocycles. The summed E-state index contributed by atoms with van der Waals surface area (Å²) in [5.74, 6) is 2.43. The molecular formula is C44H53F2N15O. The Hall–Kier alpha value is -5.81. The quantitative estimate of drug-likeness (QED) is 0.193. The third-order valence-corrected chi connectivity index (χ3v) is 14.7. The first-order valence-corrected chi connectivity index (χ1v) is 21.9. The van der Waals surface area contributed by atoms with Gasteiger partial charge in [0, 0.05) is 69.4 Å². The van der Waals surface area contributed by atoms with E-state index in [0.29, 0.717) is 44.4 Å². The molecule has 4 bridgehead atoms. The molecule has 0 aromatic carbocycles. The van der Waals surface area contributed by atoms with Gasteiger partial charge in [0.25, 0.3) is 0 Å². The monoisotopic (exact) mass is 845 g/mol. The van der Waals surface area contributed by atoms with E-state index in [9.17, 15) is 13.6 Å². The lowest BCUT2D eigenvalue weighted by molar-refractivity contribution is -0.117. The van der Waals surface area contributed by atoms with Crippen LogP contribution in [-0.4, -0.2) is 109 Å². The Bertz CT molecular complexity index is 2720. The molecule has 14 rings (SSSR count). The van der Waals surface area contributed by atoms with Gasteiger partial charge in [-0.05, 0) is 81.4 Å². The van der Waals surface area contributed by atoms with E-state index in [0.717, 1.165) is 74.1 Å². The zero-order valence-corrected chi connectivity index (χ0v) is 36.0. The van der Waals surface area contributed by atoms with Gasteiger partial charge in [-0.15, -0.1) is 0 Å². The first-order valence-electron chi connectivity index (χ1n) is 21.9. The fourth-order valence-corrected chi connectivity index (χ4v) is 11.0. The van der Waals surface area contributed by atoms with E-state index in [1.807, 2.05) is 74.4 Å². The topological polar surface area (TPSA) is 158 Å². The number of nitrogens with zero attached hydrogens (tertiary/aromatic N) is 14. The van der Waals surface area contributed by atoms with Gasteiger partial charge in [-0.3, -0.25) is 14.2 Å². The lowest BCUT2D eigenvalue weighted by Crippen LogP contribution is -2.59. The summed E-state index contributed by atoms with van der Waals surface area (Å²) in [7, 11) is 3.83. The Morgan fingerprint density at radius 3 is 1.60 bits per heavy atom. The van der Waals surface area contributed by atoms with E-state index >= 15 is 0 Å². The van der Waals surface area contributed by atoms with Crippen LogP contribution in [0.1, 0.15) is 79.4 Å². The van der Waals surface area contributed by atoms with Gasteiger partial charge in [0.15, 0.2) is 11.3 Å². The average molecular weight is 846 g/mol. The van der Waals surface area contributed by atoms with E-state index in [4.69, 9.17) is 29.9 Å². The third kappa shape index (κ3) is 6.28. The van der Waals surface area contributed by atoms with Gasteiger partial charge in [0.1, 0.15) is 23.4 Å². The van der Waals surface area contributed by atoms with Gasteiger partial charge >= 0.3 is 0 Å². The van der Waals surface area contributed by atoms with Gasteiger partial charge in [-0.25, -0.2) is 28.7 Å². The predicted octanol–water partition coefficient (Wildman–Crippen LogP) is 4.56. The van der Waals surface area contributed by atoms with E-state index in [-0.39, 0.29) is 29.4 Å². The second-order valence-electron chi connectivity index (χ2n) is 19.2. The molecule has 6 saturated carbocycles. The summed E-state index contributed by atoms with van der Waals surface area (Å²) < 4.78 is 37.1. The highest BCUT2D eigenvalue weighted by atomic mass is 19.1. The molecule has 0 spiro atoms. The van der Waals surface area contributed by atoms with Crippen molar-refractivity contribution in [3.8, 4) is 0 Å². The zero-order chi connectivity index (χ0) is 42.8. The number of hydrogen-bond donors (Lipinski definition) is 1. The average Bonchev–Trinajstić information content (AvgIpc) is 4.02. The number of amides is 1. The summed E-state index contributed by atoms with van der Waals surface area (Å²) >= 11 is 0. The van der Waals surface area contributed by atoms with Crippen LogP contribution < -0.4 is 15.1 Å². The molecule has 4 atom stereocenters. The lowest BCUT2D eigenvalue weighted by atomic mass is 9.49. The number of carbonyl (C=O) groups is 1. The maximum atomic E-state index is 14.7. The van der Waals surface area contributed by atoms with Gasteiger partial charge in [0.2, 0.25) is 17.8 Å². The van der Waals surface area contributed by atoms with E-state index < -0.39 is 18.4 Å². The molecule has 6 aromatic rings. The number of alkyl halides is 2. The maximum absolute atomic E-state index is 14.7. The van der Waals surface area contributed by atoms with Crippen molar-refractivity contribution < 1.29 is 13.6 Å². The molecule has 16 nitrogen and oxygen atoms in total. The Labute approximate surface area is 357 Å². The molecule has 6 aliphatic carbocycles. The second kappa shape index (κ2) is 14.1. The molecule has 6 aromatic heterocycles. The highest BCUT2D eigenvalue weighted by molar-refractivity contribution is 5.87. The molecule has 8 fully saturated rings. The molecular weight excluding hydrogens is 793 g/mol. The molecule has 0 unspecified atom stereocenters. The minimum atomic E-state index is -1.21. The second-order valence-corrected chi connectivity index (χ2v) is 19.2. The van der Waals surface area contributed by atoms with Crippen molar-refractivity contribution >= 4 is 40.1 Å². The van der Waals surface area contributed by atoms with Crippen LogP contribution in [0, 0.1) is 31.6 Å². The summed E-state index contributed by atoms with van der Waals surface area (Å²) in [6.07, 6.45) is 15.4. The number of anilines is 2. The van der Waals surface area contributed by atoms with Crippen molar-refractivity contribution in [3.05, 3.63) is 71.6 Å². The molecule has 8 aliphatic rings. The highest BCUT2D eigenvalue weighted by Crippen LogP contribution is 2.63. The summed E-state index contributed by atoms with van der Waals surface area (Å²) in [5, 5.41) is 11.6. The molecule has 8 heterocycles. The minimum absolute atomic E-state index is 0.000779. The number of hydrogen-bond acceptors (Lipinski definition) is 11. The van der Waals surface area contributed by atoms with Crippen LogP contribution in [0.3, 0.4) is 0 Å². The van der Waals surface area contributed by atoms with Gasteiger partial charge in [0.05, 0.1) is 54.6 Å². The lowest BCUT2D eigenvalue weighted by Gasteiger charge is -2.62. The molecule has 0 radical (unpaired) electrons. The standard InChI is InChI=1S/C23H27FN8O.C21H26FN7/c1-4-19(33)26-18-11-31(10-16(18)24)22-27-17(5-15-9-30(3)29-13(15)2)20-21(28-22)32(12-25-20)23-6-14(7-23)8-23;1-12-8-28(10-16(12)22)20-24-17(4-15-9-27(3)26-13(15)2)18-19(25-20)29(11-23-18)21-5-14(6-21)7-21/h4,9,12,14,16,18H,1,5-8,10-11H2,2-3H3,(H,26,33);9,11-12,14,16H,4-8,10H2,1-3H3/t14?,16-,18-,23?;12-,14?,16-,21?/m11/s1. The molecule has 1 amide bonds. The number of halogens is 2. The largest absolute Gasteiger partial charge is 0.345 e. The van der Waals surface area contributed by atoms with Crippen molar-refractivity contribution in [2.45, 2.75) is 102 Å². The number of nitrogens with one attached hydrogen (secondary N) is 1. The number of aryl methyl sites for hydroxylation is 4. The molecule has 2 saturated heterocycles. The van der Waals surface area contributed by atoms with Crippen molar-refractivity contribution in [2.75, 3.05) is 36.0 Å². The SMILES string of the molecule is C=CC(=O)N[C@@H]1CN(c2nc(Cc3cn(C)nc3C)c3ncn(C45CC(C4)C5)c3n2)C[C@H]1F.Cc1nn(C)cc1Cc1nc(N2C[C@@H](C)[C@H](F)C2)nc2c1ncn2C12CC(C1)C2. The van der Waals surface area contributed by atoms with E-state index in [2.05, 4.69) is 31.2 Å². The fourth-order valence-electron chi connectivity index (χ4n) is 11.0. The fraction of sp³-hybridized carbons (Fsp3) is 0.568. The molecule has 1 N–H and O–H groups in total. The van der Waals surface area contributed by atoms with E-state index in [1.54, 1.807) is 4.68 Å². The predicted molar refractivity (Wildman–Crippen MR) is 228 cm³/mol. The number of fused-ring (bicyclic) bond motifs is 2. The smallest absolute Gasteiger partial charge is 0.243 e. The van der Waals surface area contributed by atoms with Crippen molar-refractivity contribution in [1.82, 2.24) is 63.9 Å². The van der Waals surface area contributed by atoms with E-state index in [1.165, 1.54) is 38.5 Å². The summed E-state index contributed by atoms with van der Waals surface area (Å²) in [6, 6.07) is -0.624. The molecule has 18 heteroatoms. The number of aromatic nitrogens is 12. The van der Waals surface area contributed by atoms with Crippen LogP contribution in [-0.2, 0) is 42.8 Å². The Kier molecular flexibility index (Phi) is 8.89. The van der Waals surface area contributed by atoms with Crippen molar-refractivity contribution in [2.24, 2.45) is 31.8 Å².